The van der Waals surface area contributed by atoms with Crippen LogP contribution in [0.2, 0.25) is 25.1 Å². The van der Waals surface area contributed by atoms with E-state index in [1.807, 2.05) is 23.7 Å². The number of anilines is 1. The van der Waals surface area contributed by atoms with E-state index in [0.29, 0.717) is 31.7 Å². The van der Waals surface area contributed by atoms with Gasteiger partial charge in [-0.1, -0.05) is 75.8 Å². The Morgan fingerprint density at radius 3 is 2.32 bits per heavy atom. The minimum Gasteiger partial charge on any atom is -0.323 e. The van der Waals surface area contributed by atoms with Crippen LogP contribution in [0.25, 0.3) is 0 Å². The van der Waals surface area contributed by atoms with Gasteiger partial charge in [-0.15, -0.1) is 22.0 Å². The second-order valence-corrected chi connectivity index (χ2v) is 10.3. The molecular weight excluding hydrogens is 542 g/mol. The first-order valence-electron chi connectivity index (χ1n) is 8.71. The Labute approximate surface area is 213 Å². The summed E-state index contributed by atoms with van der Waals surface area (Å²) in [5, 5.41) is 13.9. The topological polar surface area (TPSA) is 59.8 Å². The van der Waals surface area contributed by atoms with Crippen molar-refractivity contribution in [3.63, 3.8) is 0 Å². The monoisotopic (exact) mass is 554 g/mol. The molecule has 5 nitrogen and oxygen atoms in total. The highest BCUT2D eigenvalue weighted by atomic mass is 35.5. The van der Waals surface area contributed by atoms with Crippen molar-refractivity contribution in [3.05, 3.63) is 66.8 Å². The van der Waals surface area contributed by atoms with Gasteiger partial charge in [0.05, 0.1) is 27.2 Å². The first kappa shape index (κ1) is 24.8. The molecule has 0 atom stereocenters. The Hall–Kier alpha value is -0.800. The summed E-state index contributed by atoms with van der Waals surface area (Å²) in [5.74, 6) is 2.00. The fourth-order valence-electron chi connectivity index (χ4n) is 2.45. The maximum absolute atomic E-state index is 12.3. The van der Waals surface area contributed by atoms with Gasteiger partial charge in [0, 0.05) is 27.9 Å². The van der Waals surface area contributed by atoms with Gasteiger partial charge in [-0.05, 0) is 29.8 Å². The number of halogens is 5. The van der Waals surface area contributed by atoms with E-state index < -0.39 is 0 Å². The van der Waals surface area contributed by atoms with Crippen LogP contribution in [0.1, 0.15) is 11.4 Å². The van der Waals surface area contributed by atoms with Crippen LogP contribution in [0, 0.1) is 0 Å². The van der Waals surface area contributed by atoms with Crippen molar-refractivity contribution >= 4 is 93.1 Å². The third-order valence-corrected chi connectivity index (χ3v) is 7.43. The summed E-state index contributed by atoms with van der Waals surface area (Å²) in [6.07, 6.45) is 0. The van der Waals surface area contributed by atoms with Crippen LogP contribution in [0.3, 0.4) is 0 Å². The third kappa shape index (κ3) is 6.84. The highest BCUT2D eigenvalue weighted by Crippen LogP contribution is 2.34. The summed E-state index contributed by atoms with van der Waals surface area (Å²) in [5.41, 5.74) is 1.33. The predicted octanol–water partition coefficient (Wildman–Crippen LogP) is 7.25. The average Bonchev–Trinajstić information content (AvgIpc) is 3.04. The molecule has 0 saturated carbocycles. The van der Waals surface area contributed by atoms with Crippen LogP contribution in [-0.2, 0) is 23.3 Å². The summed E-state index contributed by atoms with van der Waals surface area (Å²) < 4.78 is 1.86. The zero-order valence-electron chi connectivity index (χ0n) is 16.0. The number of aromatic nitrogens is 3. The number of nitrogens with one attached hydrogen (secondary N) is 1. The van der Waals surface area contributed by atoms with Gasteiger partial charge in [0.25, 0.3) is 0 Å². The van der Waals surface area contributed by atoms with Gasteiger partial charge in [0.1, 0.15) is 5.82 Å². The van der Waals surface area contributed by atoms with E-state index in [9.17, 15) is 4.79 Å². The number of carbonyl (C=O) groups excluding carboxylic acids is 1. The number of amides is 1. The fourth-order valence-corrected chi connectivity index (χ4v) is 5.66. The molecule has 0 radical (unpaired) electrons. The van der Waals surface area contributed by atoms with Crippen molar-refractivity contribution in [3.8, 4) is 0 Å². The molecule has 0 aliphatic rings. The zero-order valence-corrected chi connectivity index (χ0v) is 21.4. The van der Waals surface area contributed by atoms with Gasteiger partial charge >= 0.3 is 0 Å². The molecule has 2 aromatic carbocycles. The lowest BCUT2D eigenvalue weighted by atomic mass is 10.2. The number of nitrogens with zero attached hydrogens (tertiary/aromatic N) is 3. The third-order valence-electron chi connectivity index (χ3n) is 4.03. The lowest BCUT2D eigenvalue weighted by Gasteiger charge is -2.09. The molecule has 1 N–H and O–H groups in total. The maximum Gasteiger partial charge on any atom is 0.234 e. The largest absolute Gasteiger partial charge is 0.323 e. The highest BCUT2D eigenvalue weighted by molar-refractivity contribution is 7.99. The van der Waals surface area contributed by atoms with E-state index in [4.69, 9.17) is 58.0 Å². The first-order chi connectivity index (χ1) is 14.7. The Morgan fingerprint density at radius 1 is 0.968 bits per heavy atom. The minimum absolute atomic E-state index is 0.120. The lowest BCUT2D eigenvalue weighted by Crippen LogP contribution is -2.15. The molecule has 0 spiro atoms. The van der Waals surface area contributed by atoms with Crippen molar-refractivity contribution < 1.29 is 4.79 Å². The normalized spacial score (nSPS) is 11.0. The predicted molar refractivity (Wildman–Crippen MR) is 133 cm³/mol. The Kier molecular flexibility index (Phi) is 9.11. The summed E-state index contributed by atoms with van der Waals surface area (Å²) >= 11 is 33.1. The molecule has 12 heteroatoms. The second kappa shape index (κ2) is 11.4. The second-order valence-electron chi connectivity index (χ2n) is 6.27. The van der Waals surface area contributed by atoms with Gasteiger partial charge in [0.15, 0.2) is 5.16 Å². The van der Waals surface area contributed by atoms with Gasteiger partial charge < -0.3 is 9.88 Å². The number of rotatable bonds is 8. The van der Waals surface area contributed by atoms with E-state index in [2.05, 4.69) is 15.5 Å². The number of thioether (sulfide) groups is 2. The van der Waals surface area contributed by atoms with Crippen LogP contribution < -0.4 is 5.32 Å². The SMILES string of the molecule is Cn1c(CSCc2ccc(Cl)cc2Cl)nnc1SCC(=O)Nc1c(Cl)cc(Cl)cc1Cl. The van der Waals surface area contributed by atoms with Crippen LogP contribution in [0.15, 0.2) is 35.5 Å². The van der Waals surface area contributed by atoms with E-state index in [0.717, 1.165) is 17.1 Å². The number of hydrogen-bond acceptors (Lipinski definition) is 5. The molecule has 3 aromatic rings. The van der Waals surface area contributed by atoms with E-state index >= 15 is 0 Å². The van der Waals surface area contributed by atoms with Crippen LogP contribution >= 0.6 is 81.5 Å². The Balaban J connectivity index is 1.52. The quantitative estimate of drug-likeness (QED) is 0.296. The number of benzene rings is 2. The van der Waals surface area contributed by atoms with Gasteiger partial charge in [0.2, 0.25) is 5.91 Å². The smallest absolute Gasteiger partial charge is 0.234 e. The Morgan fingerprint density at radius 2 is 1.65 bits per heavy atom. The van der Waals surface area contributed by atoms with Gasteiger partial charge in [-0.25, -0.2) is 0 Å². The summed E-state index contributed by atoms with van der Waals surface area (Å²) in [6.45, 7) is 0. The molecule has 0 aliphatic carbocycles. The molecule has 31 heavy (non-hydrogen) atoms. The molecule has 0 unspecified atom stereocenters. The van der Waals surface area contributed by atoms with Gasteiger partial charge in [-0.2, -0.15) is 0 Å². The molecule has 1 aromatic heterocycles. The molecule has 0 fully saturated rings. The average molecular weight is 557 g/mol. The van der Waals surface area contributed by atoms with Crippen molar-refractivity contribution in [2.75, 3.05) is 11.1 Å². The summed E-state index contributed by atoms with van der Waals surface area (Å²) in [4.78, 5) is 12.3. The van der Waals surface area contributed by atoms with E-state index in [1.165, 1.54) is 23.9 Å². The molecule has 1 amide bonds. The summed E-state index contributed by atoms with van der Waals surface area (Å²) in [7, 11) is 1.86. The Bertz CT molecular complexity index is 1090. The molecular formula is C19H15Cl5N4OS2. The van der Waals surface area contributed by atoms with Crippen LogP contribution in [-0.4, -0.2) is 26.4 Å². The molecule has 164 valence electrons. The van der Waals surface area contributed by atoms with Crippen LogP contribution in [0.4, 0.5) is 5.69 Å². The van der Waals surface area contributed by atoms with E-state index in [1.54, 1.807) is 17.8 Å². The maximum atomic E-state index is 12.3. The molecule has 0 saturated heterocycles. The van der Waals surface area contributed by atoms with Crippen molar-refractivity contribution in [1.82, 2.24) is 14.8 Å². The van der Waals surface area contributed by atoms with Crippen LogP contribution in [0.5, 0.6) is 0 Å². The fraction of sp³-hybridized carbons (Fsp3) is 0.211. The van der Waals surface area contributed by atoms with E-state index in [-0.39, 0.29) is 21.7 Å². The molecule has 0 bridgehead atoms. The van der Waals surface area contributed by atoms with Gasteiger partial charge in [-0.3, -0.25) is 4.79 Å². The lowest BCUT2D eigenvalue weighted by molar-refractivity contribution is -0.113. The first-order valence-corrected chi connectivity index (χ1v) is 12.7. The van der Waals surface area contributed by atoms with Crippen molar-refractivity contribution in [2.24, 2.45) is 7.05 Å². The minimum atomic E-state index is -0.271. The highest BCUT2D eigenvalue weighted by Gasteiger charge is 2.15. The molecule has 0 aliphatic heterocycles. The summed E-state index contributed by atoms with van der Waals surface area (Å²) in [6, 6.07) is 8.48. The standard InChI is InChI=1S/C19H15Cl5N4OS2/c1-28-16(8-30-7-10-2-3-11(20)4-13(10)22)26-27-19(28)31-9-17(29)25-18-14(23)5-12(21)6-15(18)24/h2-6H,7-9H2,1H3,(H,25,29). The number of carbonyl (C=O) groups is 1. The van der Waals surface area contributed by atoms with Crippen molar-refractivity contribution in [2.45, 2.75) is 16.7 Å². The zero-order chi connectivity index (χ0) is 22.5. The molecule has 3 rings (SSSR count). The van der Waals surface area contributed by atoms with Crippen molar-refractivity contribution in [1.29, 1.82) is 0 Å². The molecule has 1 heterocycles. The number of hydrogen-bond donors (Lipinski definition) is 1.